The number of methoxy groups -OCH3 is 1. The molecule has 0 amide bonds. The van der Waals surface area contributed by atoms with Gasteiger partial charge in [0.05, 0.1) is 13.2 Å². The molecular weight excluding hydrogens is 643 g/mol. The summed E-state index contributed by atoms with van der Waals surface area (Å²) in [6.45, 7) is 0. The summed E-state index contributed by atoms with van der Waals surface area (Å²) < 4.78 is 12.6. The Morgan fingerprint density at radius 3 is 2.46 bits per heavy atom. The van der Waals surface area contributed by atoms with Crippen molar-refractivity contribution < 1.29 is 29.6 Å². The van der Waals surface area contributed by atoms with Crippen molar-refractivity contribution in [2.75, 3.05) is 12.9 Å². The van der Waals surface area contributed by atoms with Gasteiger partial charge in [-0.2, -0.15) is 0 Å². The molecule has 4 aromatic carbocycles. The normalized spacial score (nSPS) is 19.1. The van der Waals surface area contributed by atoms with E-state index in [1.54, 1.807) is 42.2 Å². The number of rotatable bonds is 6. The number of ketones is 1. The molecule has 9 heteroatoms. The third-order valence-electron chi connectivity index (χ3n) is 9.48. The summed E-state index contributed by atoms with van der Waals surface area (Å²) in [5.74, 6) is 2.60. The summed E-state index contributed by atoms with van der Waals surface area (Å²) in [6, 6.07) is 20.6. The van der Waals surface area contributed by atoms with E-state index in [0.29, 0.717) is 36.8 Å². The van der Waals surface area contributed by atoms with Gasteiger partial charge in [-0.1, -0.05) is 77.2 Å². The molecule has 2 aliphatic rings. The zero-order valence-corrected chi connectivity index (χ0v) is 29.1. The van der Waals surface area contributed by atoms with Crippen LogP contribution in [-0.2, 0) is 21.7 Å². The van der Waals surface area contributed by atoms with E-state index in [0.717, 1.165) is 76.4 Å². The second kappa shape index (κ2) is 16.4. The van der Waals surface area contributed by atoms with E-state index in [1.807, 2.05) is 47.2 Å². The van der Waals surface area contributed by atoms with Gasteiger partial charge < -0.3 is 24.8 Å². The molecule has 0 radical (unpaired) electrons. The van der Waals surface area contributed by atoms with Crippen LogP contribution in [0.2, 0.25) is 0 Å². The molecule has 48 heavy (non-hydrogen) atoms. The Labute approximate surface area is 290 Å². The number of nitrogens with one attached hydrogen (secondary N) is 1. The summed E-state index contributed by atoms with van der Waals surface area (Å²) in [7, 11) is 5.16. The van der Waals surface area contributed by atoms with Crippen LogP contribution in [0.4, 0.5) is 0 Å². The standard InChI is InChI=1S/C39H45NO6S2/c1-45-38-36(44)19-15-26-13-17-30(42)22-32(46-39(40-28-8-2-3-9-28)27-7-6-10-29(41)21-27)11-4-5-20-47-48-24-35-33(37(26)38)18-14-25-12-16-31(43)23-34(25)35/h6-7,10,12,14-16,18-19,21,23,28,32,39-41,43-44H,2-5,8-9,11,13,17,20,22,24H2,1H3. The summed E-state index contributed by atoms with van der Waals surface area (Å²) >= 11 is 0. The average Bonchev–Trinajstić information content (AvgIpc) is 3.59. The van der Waals surface area contributed by atoms with Crippen LogP contribution in [0.5, 0.6) is 23.0 Å². The molecule has 1 fully saturated rings. The Bertz CT molecular complexity index is 1720. The highest BCUT2D eigenvalue weighted by Crippen LogP contribution is 2.45. The second-order valence-corrected chi connectivity index (χ2v) is 15.4. The molecule has 4 aromatic rings. The number of phenols is 3. The number of Topliss-reactive ketones (excluding diaryl/α,β-unsaturated/α-hetero) is 1. The van der Waals surface area contributed by atoms with Crippen LogP contribution in [0.15, 0.2) is 66.7 Å². The summed E-state index contributed by atoms with van der Waals surface area (Å²) in [5.41, 5.74) is 4.55. The summed E-state index contributed by atoms with van der Waals surface area (Å²) in [6.07, 6.45) is 7.69. The molecule has 1 saturated carbocycles. The molecule has 6 rings (SSSR count). The first-order valence-electron chi connectivity index (χ1n) is 17.0. The monoisotopic (exact) mass is 687 g/mol. The van der Waals surface area contributed by atoms with Gasteiger partial charge in [0, 0.05) is 36.0 Å². The van der Waals surface area contributed by atoms with E-state index in [1.165, 1.54) is 12.8 Å². The molecule has 4 N–H and O–H groups in total. The minimum Gasteiger partial charge on any atom is -0.508 e. The first-order chi connectivity index (χ1) is 23.4. The first-order valence-corrected chi connectivity index (χ1v) is 19.5. The number of carbonyl (C=O) groups excluding carboxylic acids is 1. The molecule has 2 unspecified atom stereocenters. The number of carbonyl (C=O) groups is 1. The molecular formula is C39H45NO6S2. The lowest BCUT2D eigenvalue weighted by Crippen LogP contribution is -2.35. The Balaban J connectivity index is 1.30. The summed E-state index contributed by atoms with van der Waals surface area (Å²) in [4.78, 5) is 13.7. The minimum atomic E-state index is -0.410. The quantitative estimate of drug-likeness (QED) is 0.117. The fraction of sp³-hybridized carbons (Fsp3) is 0.410. The molecule has 7 nitrogen and oxygen atoms in total. The third kappa shape index (κ3) is 8.43. The lowest BCUT2D eigenvalue weighted by molar-refractivity contribution is -0.124. The van der Waals surface area contributed by atoms with E-state index in [-0.39, 0.29) is 29.1 Å². The van der Waals surface area contributed by atoms with Crippen LogP contribution in [0, 0.1) is 0 Å². The maximum Gasteiger partial charge on any atom is 0.168 e. The van der Waals surface area contributed by atoms with Crippen molar-refractivity contribution in [2.24, 2.45) is 0 Å². The average molecular weight is 688 g/mol. The number of phenolic OH excluding ortho intramolecular Hbond substituents is 3. The lowest BCUT2D eigenvalue weighted by atomic mass is 9.89. The van der Waals surface area contributed by atoms with Crippen molar-refractivity contribution in [1.29, 1.82) is 0 Å². The SMILES string of the molecule is COc1c(O)ccc2c1-c1ccc3ccc(O)cc3c1CSSCCCCC(OC(NC1CCCC1)c1cccc(O)c1)CC(=O)CC2. The van der Waals surface area contributed by atoms with Crippen LogP contribution in [0.25, 0.3) is 21.9 Å². The highest BCUT2D eigenvalue weighted by atomic mass is 33.1. The van der Waals surface area contributed by atoms with Crippen LogP contribution >= 0.6 is 21.6 Å². The lowest BCUT2D eigenvalue weighted by Gasteiger charge is -2.29. The molecule has 0 bridgehead atoms. The fourth-order valence-corrected chi connectivity index (χ4v) is 9.29. The van der Waals surface area contributed by atoms with Crippen LogP contribution in [-0.4, -0.2) is 46.1 Å². The minimum absolute atomic E-state index is 0.0437. The van der Waals surface area contributed by atoms with Crippen LogP contribution < -0.4 is 10.1 Å². The van der Waals surface area contributed by atoms with Gasteiger partial charge in [-0.3, -0.25) is 10.1 Å². The number of ether oxygens (including phenoxy) is 2. The van der Waals surface area contributed by atoms with E-state index in [2.05, 4.69) is 11.4 Å². The number of benzene rings is 4. The topological polar surface area (TPSA) is 108 Å². The van der Waals surface area contributed by atoms with E-state index in [4.69, 9.17) is 9.47 Å². The number of aryl methyl sites for hydroxylation is 1. The third-order valence-corrected chi connectivity index (χ3v) is 11.9. The highest BCUT2D eigenvalue weighted by molar-refractivity contribution is 8.76. The molecule has 0 aromatic heterocycles. The Morgan fingerprint density at radius 1 is 0.854 bits per heavy atom. The Kier molecular flexibility index (Phi) is 11.8. The van der Waals surface area contributed by atoms with Gasteiger partial charge in [-0.25, -0.2) is 0 Å². The first kappa shape index (κ1) is 34.5. The number of fused-ring (bicyclic) bond motifs is 5. The largest absolute Gasteiger partial charge is 0.508 e. The zero-order valence-electron chi connectivity index (χ0n) is 27.5. The van der Waals surface area contributed by atoms with Gasteiger partial charge in [-0.15, -0.1) is 0 Å². The Hall–Kier alpha value is -3.37. The number of aromatic hydroxyl groups is 3. The molecule has 0 spiro atoms. The van der Waals surface area contributed by atoms with Crippen molar-refractivity contribution in [1.82, 2.24) is 5.32 Å². The highest BCUT2D eigenvalue weighted by Gasteiger charge is 2.26. The van der Waals surface area contributed by atoms with Gasteiger partial charge in [-0.05, 0) is 95.5 Å². The predicted octanol–water partition coefficient (Wildman–Crippen LogP) is 9.21. The fourth-order valence-electron chi connectivity index (χ4n) is 7.02. The van der Waals surface area contributed by atoms with E-state index in [9.17, 15) is 20.1 Å². The summed E-state index contributed by atoms with van der Waals surface area (Å²) in [5, 5.41) is 37.2. The molecule has 1 aliphatic heterocycles. The van der Waals surface area contributed by atoms with Gasteiger partial charge in [0.15, 0.2) is 11.5 Å². The van der Waals surface area contributed by atoms with Crippen molar-refractivity contribution >= 4 is 38.1 Å². The molecule has 254 valence electrons. The number of hydrogen-bond donors (Lipinski definition) is 4. The van der Waals surface area contributed by atoms with Crippen LogP contribution in [0.1, 0.15) is 80.7 Å². The maximum absolute atomic E-state index is 13.7. The molecule has 2 atom stereocenters. The van der Waals surface area contributed by atoms with Crippen molar-refractivity contribution in [3.8, 4) is 34.1 Å². The van der Waals surface area contributed by atoms with Gasteiger partial charge in [0.2, 0.25) is 0 Å². The van der Waals surface area contributed by atoms with Crippen molar-refractivity contribution in [3.05, 3.63) is 83.4 Å². The molecule has 1 heterocycles. The second-order valence-electron chi connectivity index (χ2n) is 12.9. The van der Waals surface area contributed by atoms with Gasteiger partial charge >= 0.3 is 0 Å². The van der Waals surface area contributed by atoms with Crippen LogP contribution in [0.3, 0.4) is 0 Å². The van der Waals surface area contributed by atoms with Crippen molar-refractivity contribution in [2.45, 2.75) is 88.3 Å². The molecule has 0 saturated heterocycles. The van der Waals surface area contributed by atoms with E-state index >= 15 is 0 Å². The van der Waals surface area contributed by atoms with Crippen molar-refractivity contribution in [3.63, 3.8) is 0 Å². The number of hydrogen-bond acceptors (Lipinski definition) is 9. The van der Waals surface area contributed by atoms with Gasteiger partial charge in [0.25, 0.3) is 0 Å². The molecule has 1 aliphatic carbocycles. The van der Waals surface area contributed by atoms with Gasteiger partial charge in [0.1, 0.15) is 23.5 Å². The maximum atomic E-state index is 13.7. The predicted molar refractivity (Wildman–Crippen MR) is 196 cm³/mol. The smallest absolute Gasteiger partial charge is 0.168 e. The zero-order chi connectivity index (χ0) is 33.5. The Morgan fingerprint density at radius 2 is 1.65 bits per heavy atom. The van der Waals surface area contributed by atoms with E-state index < -0.39 is 6.23 Å².